The number of nitrogens with one attached hydrogen (secondary N) is 2. The van der Waals surface area contributed by atoms with Crippen LogP contribution in [0.15, 0.2) is 0 Å². The van der Waals surface area contributed by atoms with Gasteiger partial charge in [-0.1, -0.05) is 6.92 Å². The molecule has 0 radical (unpaired) electrons. The smallest absolute Gasteiger partial charge is 0.220 e. The Balaban J connectivity index is 2.09. The van der Waals surface area contributed by atoms with Gasteiger partial charge in [-0.2, -0.15) is 0 Å². The standard InChI is InChI=1S/C8H17N3O/c1-2-8(12)10-7-11-5-3-9-4-6-11/h9H,2-7H2,1H3,(H,10,12). The molecular formula is C8H17N3O. The summed E-state index contributed by atoms with van der Waals surface area (Å²) in [5, 5.41) is 6.12. The maximum atomic E-state index is 10.9. The average Bonchev–Trinajstić information content (AvgIpc) is 2.16. The van der Waals surface area contributed by atoms with Crippen molar-refractivity contribution in [1.29, 1.82) is 0 Å². The summed E-state index contributed by atoms with van der Waals surface area (Å²) < 4.78 is 0. The van der Waals surface area contributed by atoms with Gasteiger partial charge in [0.25, 0.3) is 0 Å². The van der Waals surface area contributed by atoms with Crippen LogP contribution in [0.4, 0.5) is 0 Å². The third-order valence-electron chi connectivity index (χ3n) is 2.03. The van der Waals surface area contributed by atoms with Gasteiger partial charge in [-0.15, -0.1) is 0 Å². The zero-order valence-electron chi connectivity index (χ0n) is 7.60. The number of carbonyl (C=O) groups is 1. The average molecular weight is 171 g/mol. The second-order valence-electron chi connectivity index (χ2n) is 2.98. The maximum Gasteiger partial charge on any atom is 0.220 e. The second kappa shape index (κ2) is 5.11. The van der Waals surface area contributed by atoms with E-state index in [0.717, 1.165) is 26.2 Å². The van der Waals surface area contributed by atoms with Crippen molar-refractivity contribution >= 4 is 5.91 Å². The molecule has 12 heavy (non-hydrogen) atoms. The van der Waals surface area contributed by atoms with E-state index in [1.54, 1.807) is 0 Å². The molecule has 1 fully saturated rings. The van der Waals surface area contributed by atoms with Crippen molar-refractivity contribution in [1.82, 2.24) is 15.5 Å². The predicted molar refractivity (Wildman–Crippen MR) is 47.7 cm³/mol. The van der Waals surface area contributed by atoms with Crippen molar-refractivity contribution in [2.45, 2.75) is 13.3 Å². The number of hydrogen-bond donors (Lipinski definition) is 2. The Morgan fingerprint density at radius 2 is 2.17 bits per heavy atom. The zero-order chi connectivity index (χ0) is 8.81. The molecule has 0 bridgehead atoms. The minimum absolute atomic E-state index is 0.133. The number of nitrogens with zero attached hydrogens (tertiary/aromatic N) is 1. The van der Waals surface area contributed by atoms with Crippen LogP contribution >= 0.6 is 0 Å². The molecule has 0 spiro atoms. The molecule has 0 aliphatic carbocycles. The first kappa shape index (κ1) is 9.48. The molecule has 0 aromatic rings. The van der Waals surface area contributed by atoms with E-state index in [-0.39, 0.29) is 5.91 Å². The van der Waals surface area contributed by atoms with Crippen LogP contribution in [0.2, 0.25) is 0 Å². The topological polar surface area (TPSA) is 44.4 Å². The van der Waals surface area contributed by atoms with Crippen LogP contribution in [-0.2, 0) is 4.79 Å². The Hall–Kier alpha value is -0.610. The molecule has 1 rings (SSSR count). The molecule has 2 N–H and O–H groups in total. The van der Waals surface area contributed by atoms with Gasteiger partial charge in [0.1, 0.15) is 0 Å². The molecule has 1 aliphatic rings. The molecule has 0 saturated carbocycles. The van der Waals surface area contributed by atoms with Crippen LogP contribution in [0, 0.1) is 0 Å². The van der Waals surface area contributed by atoms with Gasteiger partial charge in [-0.25, -0.2) is 0 Å². The molecule has 0 aromatic carbocycles. The summed E-state index contributed by atoms with van der Waals surface area (Å²) in [4.78, 5) is 13.1. The lowest BCUT2D eigenvalue weighted by Crippen LogP contribution is -2.48. The van der Waals surface area contributed by atoms with Crippen LogP contribution in [0.1, 0.15) is 13.3 Å². The van der Waals surface area contributed by atoms with E-state index in [1.165, 1.54) is 0 Å². The third kappa shape index (κ3) is 3.19. The highest BCUT2D eigenvalue weighted by molar-refractivity contribution is 5.75. The summed E-state index contributed by atoms with van der Waals surface area (Å²) in [7, 11) is 0. The Bertz CT molecular complexity index is 143. The molecule has 1 aliphatic heterocycles. The minimum atomic E-state index is 0.133. The van der Waals surface area contributed by atoms with Gasteiger partial charge in [0, 0.05) is 32.6 Å². The highest BCUT2D eigenvalue weighted by Gasteiger charge is 2.08. The lowest BCUT2D eigenvalue weighted by molar-refractivity contribution is -0.121. The molecular weight excluding hydrogens is 154 g/mol. The van der Waals surface area contributed by atoms with Crippen molar-refractivity contribution in [2.24, 2.45) is 0 Å². The number of amides is 1. The SMILES string of the molecule is CCC(=O)NCN1CCNCC1. The molecule has 1 amide bonds. The molecule has 4 nitrogen and oxygen atoms in total. The Labute approximate surface area is 73.3 Å². The van der Waals surface area contributed by atoms with Crippen LogP contribution in [0.25, 0.3) is 0 Å². The highest BCUT2D eigenvalue weighted by Crippen LogP contribution is 1.89. The van der Waals surface area contributed by atoms with Gasteiger partial charge in [-0.3, -0.25) is 9.69 Å². The molecule has 0 aromatic heterocycles. The lowest BCUT2D eigenvalue weighted by atomic mass is 10.4. The Kier molecular flexibility index (Phi) is 4.04. The van der Waals surface area contributed by atoms with Crippen molar-refractivity contribution in [2.75, 3.05) is 32.8 Å². The van der Waals surface area contributed by atoms with Crippen LogP contribution in [-0.4, -0.2) is 43.7 Å². The molecule has 70 valence electrons. The van der Waals surface area contributed by atoms with Crippen LogP contribution in [0.5, 0.6) is 0 Å². The highest BCUT2D eigenvalue weighted by atomic mass is 16.1. The number of rotatable bonds is 3. The predicted octanol–water partition coefficient (Wildman–Crippen LogP) is -0.625. The van der Waals surface area contributed by atoms with E-state index in [0.29, 0.717) is 13.1 Å². The first-order valence-corrected chi connectivity index (χ1v) is 4.52. The quantitative estimate of drug-likeness (QED) is 0.594. The third-order valence-corrected chi connectivity index (χ3v) is 2.03. The van der Waals surface area contributed by atoms with Gasteiger partial charge in [-0.05, 0) is 0 Å². The molecule has 1 saturated heterocycles. The van der Waals surface area contributed by atoms with Gasteiger partial charge in [0.15, 0.2) is 0 Å². The maximum absolute atomic E-state index is 10.9. The van der Waals surface area contributed by atoms with Crippen molar-refractivity contribution < 1.29 is 4.79 Å². The summed E-state index contributed by atoms with van der Waals surface area (Å²) in [6, 6.07) is 0. The summed E-state index contributed by atoms with van der Waals surface area (Å²) >= 11 is 0. The monoisotopic (exact) mass is 171 g/mol. The molecule has 0 atom stereocenters. The number of hydrogen-bond acceptors (Lipinski definition) is 3. The van der Waals surface area contributed by atoms with Crippen molar-refractivity contribution in [3.8, 4) is 0 Å². The van der Waals surface area contributed by atoms with E-state index < -0.39 is 0 Å². The zero-order valence-corrected chi connectivity index (χ0v) is 7.60. The summed E-state index contributed by atoms with van der Waals surface area (Å²) in [5.41, 5.74) is 0. The minimum Gasteiger partial charge on any atom is -0.343 e. The van der Waals surface area contributed by atoms with E-state index >= 15 is 0 Å². The lowest BCUT2D eigenvalue weighted by Gasteiger charge is -2.27. The largest absolute Gasteiger partial charge is 0.343 e. The van der Waals surface area contributed by atoms with Gasteiger partial charge >= 0.3 is 0 Å². The van der Waals surface area contributed by atoms with Crippen molar-refractivity contribution in [3.05, 3.63) is 0 Å². The van der Waals surface area contributed by atoms with Crippen LogP contribution in [0.3, 0.4) is 0 Å². The Morgan fingerprint density at radius 1 is 1.50 bits per heavy atom. The second-order valence-corrected chi connectivity index (χ2v) is 2.98. The number of carbonyl (C=O) groups excluding carboxylic acids is 1. The summed E-state index contributed by atoms with van der Waals surface area (Å²) in [6.07, 6.45) is 0.575. The summed E-state index contributed by atoms with van der Waals surface area (Å²) in [6.45, 7) is 6.69. The molecule has 0 unspecified atom stereocenters. The normalized spacial score (nSPS) is 19.1. The van der Waals surface area contributed by atoms with Gasteiger partial charge < -0.3 is 10.6 Å². The van der Waals surface area contributed by atoms with Crippen molar-refractivity contribution in [3.63, 3.8) is 0 Å². The fourth-order valence-corrected chi connectivity index (χ4v) is 1.19. The van der Waals surface area contributed by atoms with E-state index in [4.69, 9.17) is 0 Å². The molecule has 4 heteroatoms. The van der Waals surface area contributed by atoms with E-state index in [9.17, 15) is 4.79 Å². The van der Waals surface area contributed by atoms with E-state index in [1.807, 2.05) is 6.92 Å². The van der Waals surface area contributed by atoms with Gasteiger partial charge in [0.2, 0.25) is 5.91 Å². The first-order valence-electron chi connectivity index (χ1n) is 4.52. The van der Waals surface area contributed by atoms with E-state index in [2.05, 4.69) is 15.5 Å². The molecule has 1 heterocycles. The first-order chi connectivity index (χ1) is 5.83. The van der Waals surface area contributed by atoms with Crippen LogP contribution < -0.4 is 10.6 Å². The fourth-order valence-electron chi connectivity index (χ4n) is 1.19. The summed E-state index contributed by atoms with van der Waals surface area (Å²) in [5.74, 6) is 0.133. The van der Waals surface area contributed by atoms with Gasteiger partial charge in [0.05, 0.1) is 6.67 Å². The number of piperazine rings is 1. The Morgan fingerprint density at radius 3 is 2.75 bits per heavy atom. The fraction of sp³-hybridized carbons (Fsp3) is 0.875.